The number of nitrogens with one attached hydrogen (secondary N) is 3. The summed E-state index contributed by atoms with van der Waals surface area (Å²) in [7, 11) is -13.3. The van der Waals surface area contributed by atoms with Gasteiger partial charge < -0.3 is 31.3 Å². The van der Waals surface area contributed by atoms with E-state index in [1.165, 1.54) is 42.5 Å². The van der Waals surface area contributed by atoms with E-state index in [1.54, 1.807) is 6.07 Å². The smallest absolute Gasteiger partial charge is 0.397 e. The third-order valence-corrected chi connectivity index (χ3v) is 9.32. The first-order valence-electron chi connectivity index (χ1n) is 13.4. The first kappa shape index (κ1) is 35.8. The van der Waals surface area contributed by atoms with E-state index in [9.17, 15) is 49.9 Å². The minimum atomic E-state index is -4.81. The summed E-state index contributed by atoms with van der Waals surface area (Å²) < 4.78 is 90.3. The molecule has 0 saturated heterocycles. The Balaban J connectivity index is 1.55. The maximum Gasteiger partial charge on any atom is 0.397 e. The average molecular weight is 726 g/mol. The highest BCUT2D eigenvalue weighted by atomic mass is 32.3. The summed E-state index contributed by atoms with van der Waals surface area (Å²) >= 11 is 0. The number of hydrogen-bond donors (Lipinski definition) is 8. The van der Waals surface area contributed by atoms with Crippen LogP contribution in [0, 0.1) is 0 Å². The lowest BCUT2D eigenvalue weighted by Gasteiger charge is -2.14. The Bertz CT molecular complexity index is 2230. The second kappa shape index (κ2) is 14.4. The van der Waals surface area contributed by atoms with Crippen LogP contribution in [0.2, 0.25) is 0 Å². The Morgan fingerprint density at radius 2 is 1.48 bits per heavy atom. The number of urea groups is 1. The molecule has 0 bridgehead atoms. The van der Waals surface area contributed by atoms with Crippen LogP contribution < -0.4 is 16.0 Å². The second-order valence-electron chi connectivity index (χ2n) is 9.77. The lowest BCUT2D eigenvalue weighted by atomic mass is 10.1. The molecule has 4 aromatic carbocycles. The first-order chi connectivity index (χ1) is 22.4. The SMILES string of the molecule is O=C(NCCS(=O)(=O)CCOS(=O)(=O)O)Nc1cccc(N=Nc2c(Nc3cc(S(=O)(=O)O)ccc3O)ccc3c(O)cccc23)c1O. The number of carbonyl (C=O) groups is 1. The Kier molecular flexibility index (Phi) is 10.7. The molecule has 256 valence electrons. The van der Waals surface area contributed by atoms with Crippen molar-refractivity contribution in [3.63, 3.8) is 0 Å². The van der Waals surface area contributed by atoms with E-state index in [4.69, 9.17) is 4.55 Å². The number of sulfone groups is 1. The number of anilines is 3. The average Bonchev–Trinajstić information content (AvgIpc) is 2.98. The van der Waals surface area contributed by atoms with E-state index in [2.05, 4.69) is 30.4 Å². The number of para-hydroxylation sites is 1. The molecule has 18 nitrogen and oxygen atoms in total. The number of nitrogens with zero attached hydrogens (tertiary/aromatic N) is 2. The lowest BCUT2D eigenvalue weighted by Crippen LogP contribution is -2.33. The highest BCUT2D eigenvalue weighted by Crippen LogP contribution is 2.42. The zero-order valence-electron chi connectivity index (χ0n) is 24.3. The van der Waals surface area contributed by atoms with Gasteiger partial charge in [0, 0.05) is 17.3 Å². The molecule has 0 atom stereocenters. The van der Waals surface area contributed by atoms with Crippen LogP contribution >= 0.6 is 0 Å². The zero-order chi connectivity index (χ0) is 35.3. The number of benzene rings is 4. The molecular weight excluding hydrogens is 699 g/mol. The van der Waals surface area contributed by atoms with Crippen LogP contribution in [-0.2, 0) is 34.5 Å². The van der Waals surface area contributed by atoms with Gasteiger partial charge in [-0.15, -0.1) is 10.2 Å². The molecular formula is C27H27N5O13S3. The monoisotopic (exact) mass is 725 g/mol. The van der Waals surface area contributed by atoms with Crippen LogP contribution in [-0.4, -0.2) is 80.4 Å². The number of hydrogen-bond acceptors (Lipinski definition) is 14. The summed E-state index contributed by atoms with van der Waals surface area (Å²) in [6.45, 7) is -1.21. The molecule has 4 aromatic rings. The van der Waals surface area contributed by atoms with E-state index >= 15 is 0 Å². The largest absolute Gasteiger partial charge is 0.507 e. The number of rotatable bonds is 13. The number of phenols is 3. The van der Waals surface area contributed by atoms with Crippen molar-refractivity contribution >= 4 is 75.6 Å². The Hall–Kier alpha value is -5.06. The van der Waals surface area contributed by atoms with Crippen LogP contribution in [0.4, 0.5) is 33.2 Å². The van der Waals surface area contributed by atoms with Crippen molar-refractivity contribution in [3.8, 4) is 17.2 Å². The molecule has 48 heavy (non-hydrogen) atoms. The van der Waals surface area contributed by atoms with E-state index in [1.807, 2.05) is 0 Å². The van der Waals surface area contributed by atoms with Gasteiger partial charge in [-0.1, -0.05) is 18.2 Å². The summed E-state index contributed by atoms with van der Waals surface area (Å²) in [5.74, 6) is -2.35. The highest BCUT2D eigenvalue weighted by molar-refractivity contribution is 7.91. The topological polar surface area (TPSA) is 291 Å². The third kappa shape index (κ3) is 9.49. The Labute approximate surface area is 273 Å². The molecule has 0 fully saturated rings. The van der Waals surface area contributed by atoms with Gasteiger partial charge in [0.25, 0.3) is 10.1 Å². The molecule has 0 aromatic heterocycles. The molecule has 4 rings (SSSR count). The van der Waals surface area contributed by atoms with Crippen molar-refractivity contribution in [2.45, 2.75) is 4.90 Å². The Morgan fingerprint density at radius 1 is 0.750 bits per heavy atom. The minimum Gasteiger partial charge on any atom is -0.507 e. The van der Waals surface area contributed by atoms with Crippen LogP contribution in [0.1, 0.15) is 0 Å². The summed E-state index contributed by atoms with van der Waals surface area (Å²) in [5.41, 5.74) is -0.186. The molecule has 0 unspecified atom stereocenters. The predicted molar refractivity (Wildman–Crippen MR) is 172 cm³/mol. The van der Waals surface area contributed by atoms with Crippen molar-refractivity contribution in [2.24, 2.45) is 10.2 Å². The molecule has 21 heteroatoms. The number of phenolic OH excluding ortho intramolecular Hbond substituents is 3. The fraction of sp³-hybridized carbons (Fsp3) is 0.148. The molecule has 8 N–H and O–H groups in total. The van der Waals surface area contributed by atoms with Crippen LogP contribution in [0.3, 0.4) is 0 Å². The standard InChI is InChI=1S/C27H27N5O13S3/c33-23-6-1-3-18-17(23)8-9-19(29-22-15-16(47(39,40)41)7-10-24(22)34)25(18)32-31-21-5-2-4-20(26(21)35)30-27(36)28-11-13-46(37,38)14-12-45-48(42,43)44/h1-10,15,29,33-35H,11-14H2,(H2,28,30,36)(H,39,40,41)(H,42,43,44). The van der Waals surface area contributed by atoms with Gasteiger partial charge in [0.2, 0.25) is 0 Å². The summed E-state index contributed by atoms with van der Waals surface area (Å²) in [6, 6.07) is 13.7. The van der Waals surface area contributed by atoms with Crippen molar-refractivity contribution in [3.05, 3.63) is 66.7 Å². The van der Waals surface area contributed by atoms with Gasteiger partial charge in [-0.2, -0.15) is 16.8 Å². The number of fused-ring (bicyclic) bond motifs is 1. The molecule has 0 spiro atoms. The number of aromatic hydroxyl groups is 3. The molecule has 0 aliphatic rings. The molecule has 0 radical (unpaired) electrons. The quantitative estimate of drug-likeness (QED) is 0.0554. The third-order valence-electron chi connectivity index (χ3n) is 6.39. The van der Waals surface area contributed by atoms with Crippen LogP contribution in [0.25, 0.3) is 10.8 Å². The molecule has 0 heterocycles. The highest BCUT2D eigenvalue weighted by Gasteiger charge is 2.18. The predicted octanol–water partition coefficient (Wildman–Crippen LogP) is 3.72. The van der Waals surface area contributed by atoms with E-state index < -0.39 is 71.7 Å². The lowest BCUT2D eigenvalue weighted by molar-refractivity contribution is 0.252. The summed E-state index contributed by atoms with van der Waals surface area (Å²) in [5, 5.41) is 47.9. The van der Waals surface area contributed by atoms with E-state index in [0.717, 1.165) is 18.2 Å². The van der Waals surface area contributed by atoms with Crippen molar-refractivity contribution in [1.82, 2.24) is 5.32 Å². The van der Waals surface area contributed by atoms with Gasteiger partial charge in [0.05, 0.1) is 40.1 Å². The maximum absolute atomic E-state index is 12.4. The molecule has 0 saturated carbocycles. The number of amides is 2. The van der Waals surface area contributed by atoms with Gasteiger partial charge in [-0.25, -0.2) is 17.4 Å². The molecule has 0 aliphatic heterocycles. The fourth-order valence-corrected chi connectivity index (χ4v) is 5.99. The fourth-order valence-electron chi connectivity index (χ4n) is 4.13. The maximum atomic E-state index is 12.4. The number of azo groups is 1. The number of carbonyl (C=O) groups excluding carboxylic acids is 1. The summed E-state index contributed by atoms with van der Waals surface area (Å²) in [4.78, 5) is 11.9. The normalized spacial score (nSPS) is 12.3. The van der Waals surface area contributed by atoms with E-state index in [0.29, 0.717) is 10.8 Å². The van der Waals surface area contributed by atoms with E-state index in [-0.39, 0.29) is 39.9 Å². The zero-order valence-corrected chi connectivity index (χ0v) is 26.7. The second-order valence-corrected chi connectivity index (χ2v) is 14.6. The van der Waals surface area contributed by atoms with Gasteiger partial charge >= 0.3 is 16.4 Å². The van der Waals surface area contributed by atoms with Gasteiger partial charge in [-0.05, 0) is 48.5 Å². The van der Waals surface area contributed by atoms with Gasteiger partial charge in [0.15, 0.2) is 15.6 Å². The minimum absolute atomic E-state index is 0.0683. The van der Waals surface area contributed by atoms with Crippen molar-refractivity contribution < 1.29 is 58.7 Å². The van der Waals surface area contributed by atoms with Crippen LogP contribution in [0.5, 0.6) is 17.2 Å². The first-order valence-corrected chi connectivity index (χ1v) is 18.0. The van der Waals surface area contributed by atoms with Crippen LogP contribution in [0.15, 0.2) is 81.9 Å². The summed E-state index contributed by atoms with van der Waals surface area (Å²) in [6.07, 6.45) is 0. The molecule has 0 aliphatic carbocycles. The Morgan fingerprint density at radius 3 is 2.19 bits per heavy atom. The van der Waals surface area contributed by atoms with Crippen molar-refractivity contribution in [1.29, 1.82) is 0 Å². The molecule has 2 amide bonds. The van der Waals surface area contributed by atoms with Gasteiger partial charge in [-0.3, -0.25) is 9.11 Å². The van der Waals surface area contributed by atoms with Crippen molar-refractivity contribution in [2.75, 3.05) is 35.3 Å². The van der Waals surface area contributed by atoms with Gasteiger partial charge in [0.1, 0.15) is 22.9 Å².